The number of rotatable bonds is 5. The van der Waals surface area contributed by atoms with Gasteiger partial charge in [0.2, 0.25) is 0 Å². The van der Waals surface area contributed by atoms with Crippen LogP contribution in [0.4, 0.5) is 0 Å². The number of hydrogen-bond acceptors (Lipinski definition) is 3. The molecule has 0 bridgehead atoms. The number of aliphatic hydroxyl groups is 1. The van der Waals surface area contributed by atoms with Crippen LogP contribution >= 0.6 is 0 Å². The molecule has 0 aliphatic carbocycles. The Kier molecular flexibility index (Phi) is 4.95. The third kappa shape index (κ3) is 4.24. The second-order valence-corrected chi connectivity index (χ2v) is 5.31. The van der Waals surface area contributed by atoms with Gasteiger partial charge in [0, 0.05) is 18.7 Å². The average molecular weight is 265 g/mol. The molecule has 4 nitrogen and oxygen atoms in total. The van der Waals surface area contributed by atoms with Crippen LogP contribution in [0.2, 0.25) is 0 Å². The van der Waals surface area contributed by atoms with Crippen molar-refractivity contribution < 1.29 is 14.6 Å². The summed E-state index contributed by atoms with van der Waals surface area (Å²) in [4.78, 5) is 14.1. The lowest BCUT2D eigenvalue weighted by atomic mass is 10.1. The van der Waals surface area contributed by atoms with E-state index in [0.29, 0.717) is 18.7 Å². The van der Waals surface area contributed by atoms with E-state index in [2.05, 4.69) is 0 Å². The zero-order valence-electron chi connectivity index (χ0n) is 12.4. The molecule has 1 aromatic rings. The highest BCUT2D eigenvalue weighted by Gasteiger charge is 2.23. The van der Waals surface area contributed by atoms with E-state index in [1.165, 1.54) is 0 Å². The summed E-state index contributed by atoms with van der Waals surface area (Å²) >= 11 is 0. The molecule has 0 saturated heterocycles. The van der Waals surface area contributed by atoms with Crippen LogP contribution in [0, 0.1) is 6.92 Å². The van der Waals surface area contributed by atoms with Gasteiger partial charge in [-0.1, -0.05) is 0 Å². The van der Waals surface area contributed by atoms with Crippen molar-refractivity contribution in [3.05, 3.63) is 29.3 Å². The second-order valence-electron chi connectivity index (χ2n) is 5.31. The quantitative estimate of drug-likeness (QED) is 0.888. The van der Waals surface area contributed by atoms with Crippen LogP contribution in [0.15, 0.2) is 18.2 Å². The Bertz CT molecular complexity index is 449. The Hall–Kier alpha value is -1.55. The lowest BCUT2D eigenvalue weighted by molar-refractivity contribution is 0.0314. The van der Waals surface area contributed by atoms with Gasteiger partial charge in [-0.3, -0.25) is 4.79 Å². The van der Waals surface area contributed by atoms with E-state index in [1.54, 1.807) is 38.0 Å². The molecule has 1 rings (SSSR count). The third-order valence-electron chi connectivity index (χ3n) is 2.91. The van der Waals surface area contributed by atoms with E-state index in [-0.39, 0.29) is 5.91 Å². The maximum absolute atomic E-state index is 12.4. The fourth-order valence-electron chi connectivity index (χ4n) is 1.97. The molecule has 0 spiro atoms. The van der Waals surface area contributed by atoms with Crippen LogP contribution in [0.25, 0.3) is 0 Å². The van der Waals surface area contributed by atoms with Crippen molar-refractivity contribution in [3.8, 4) is 5.75 Å². The SMILES string of the molecule is CCN(CC(C)(C)O)C(=O)c1ccc(OC)cc1C. The van der Waals surface area contributed by atoms with E-state index in [9.17, 15) is 9.90 Å². The van der Waals surface area contributed by atoms with Crippen molar-refractivity contribution in [2.75, 3.05) is 20.2 Å². The standard InChI is InChI=1S/C15H23NO3/c1-6-16(10-15(3,4)18)14(17)13-8-7-12(19-5)9-11(13)2/h7-9,18H,6,10H2,1-5H3. The van der Waals surface area contributed by atoms with E-state index in [4.69, 9.17) is 4.74 Å². The van der Waals surface area contributed by atoms with E-state index in [1.807, 2.05) is 19.9 Å². The molecule has 0 aliphatic rings. The van der Waals surface area contributed by atoms with Gasteiger partial charge in [0.05, 0.1) is 12.7 Å². The van der Waals surface area contributed by atoms with Gasteiger partial charge in [-0.15, -0.1) is 0 Å². The number of nitrogens with zero attached hydrogens (tertiary/aromatic N) is 1. The molecule has 0 atom stereocenters. The lowest BCUT2D eigenvalue weighted by Crippen LogP contribution is -2.42. The average Bonchev–Trinajstić information content (AvgIpc) is 2.33. The van der Waals surface area contributed by atoms with Crippen LogP contribution in [0.1, 0.15) is 36.7 Å². The highest BCUT2D eigenvalue weighted by Crippen LogP contribution is 2.19. The van der Waals surface area contributed by atoms with Crippen molar-refractivity contribution in [2.45, 2.75) is 33.3 Å². The van der Waals surface area contributed by atoms with Gasteiger partial charge in [0.15, 0.2) is 0 Å². The Morgan fingerprint density at radius 2 is 2.05 bits per heavy atom. The third-order valence-corrected chi connectivity index (χ3v) is 2.91. The monoisotopic (exact) mass is 265 g/mol. The van der Waals surface area contributed by atoms with Gasteiger partial charge in [-0.2, -0.15) is 0 Å². The predicted octanol–water partition coefficient (Wildman–Crippen LogP) is 2.24. The molecule has 0 aliphatic heterocycles. The number of aryl methyl sites for hydroxylation is 1. The molecule has 0 heterocycles. The summed E-state index contributed by atoms with van der Waals surface area (Å²) in [6.45, 7) is 8.06. The van der Waals surface area contributed by atoms with Crippen LogP contribution in [-0.2, 0) is 0 Å². The zero-order valence-corrected chi connectivity index (χ0v) is 12.4. The smallest absolute Gasteiger partial charge is 0.254 e. The first kappa shape index (κ1) is 15.5. The molecule has 0 fully saturated rings. The number of methoxy groups -OCH3 is 1. The lowest BCUT2D eigenvalue weighted by Gasteiger charge is -2.28. The Balaban J connectivity index is 2.98. The topological polar surface area (TPSA) is 49.8 Å². The largest absolute Gasteiger partial charge is 0.497 e. The number of hydrogen-bond donors (Lipinski definition) is 1. The number of likely N-dealkylation sites (N-methyl/N-ethyl adjacent to an activating group) is 1. The second kappa shape index (κ2) is 6.06. The molecule has 4 heteroatoms. The predicted molar refractivity (Wildman–Crippen MR) is 75.6 cm³/mol. The number of carbonyl (C=O) groups excluding carboxylic acids is 1. The van der Waals surface area contributed by atoms with Gasteiger partial charge in [-0.05, 0) is 51.5 Å². The first-order valence-electron chi connectivity index (χ1n) is 6.44. The van der Waals surface area contributed by atoms with E-state index < -0.39 is 5.60 Å². The summed E-state index contributed by atoms with van der Waals surface area (Å²) in [5, 5.41) is 9.85. The summed E-state index contributed by atoms with van der Waals surface area (Å²) < 4.78 is 5.13. The minimum absolute atomic E-state index is 0.0650. The number of amides is 1. The summed E-state index contributed by atoms with van der Waals surface area (Å²) in [7, 11) is 1.60. The normalized spacial score (nSPS) is 11.3. The van der Waals surface area contributed by atoms with Crippen molar-refractivity contribution in [2.24, 2.45) is 0 Å². The summed E-state index contributed by atoms with van der Waals surface area (Å²) in [6.07, 6.45) is 0. The van der Waals surface area contributed by atoms with E-state index in [0.717, 1.165) is 11.3 Å². The van der Waals surface area contributed by atoms with Gasteiger partial charge in [0.1, 0.15) is 5.75 Å². The van der Waals surface area contributed by atoms with Crippen molar-refractivity contribution in [1.82, 2.24) is 4.90 Å². The molecular weight excluding hydrogens is 242 g/mol. The summed E-state index contributed by atoms with van der Waals surface area (Å²) in [5.74, 6) is 0.671. The molecule has 19 heavy (non-hydrogen) atoms. The van der Waals surface area contributed by atoms with Gasteiger partial charge in [0.25, 0.3) is 5.91 Å². The number of ether oxygens (including phenoxy) is 1. The van der Waals surface area contributed by atoms with Crippen LogP contribution < -0.4 is 4.74 Å². The van der Waals surface area contributed by atoms with Gasteiger partial charge in [-0.25, -0.2) is 0 Å². The zero-order chi connectivity index (χ0) is 14.6. The molecule has 0 radical (unpaired) electrons. The highest BCUT2D eigenvalue weighted by atomic mass is 16.5. The molecule has 0 saturated carbocycles. The summed E-state index contributed by atoms with van der Waals surface area (Å²) in [5.41, 5.74) is 0.622. The fraction of sp³-hybridized carbons (Fsp3) is 0.533. The van der Waals surface area contributed by atoms with E-state index >= 15 is 0 Å². The van der Waals surface area contributed by atoms with Gasteiger partial charge < -0.3 is 14.7 Å². The van der Waals surface area contributed by atoms with Crippen molar-refractivity contribution >= 4 is 5.91 Å². The summed E-state index contributed by atoms with van der Waals surface area (Å²) in [6, 6.07) is 5.38. The Labute approximate surface area is 115 Å². The molecule has 1 aromatic carbocycles. The fourth-order valence-corrected chi connectivity index (χ4v) is 1.97. The maximum Gasteiger partial charge on any atom is 0.254 e. The molecule has 1 N–H and O–H groups in total. The minimum Gasteiger partial charge on any atom is -0.497 e. The van der Waals surface area contributed by atoms with Crippen LogP contribution in [0.3, 0.4) is 0 Å². The first-order valence-corrected chi connectivity index (χ1v) is 6.44. The number of carbonyl (C=O) groups is 1. The molecule has 0 unspecified atom stereocenters. The van der Waals surface area contributed by atoms with Crippen LogP contribution in [-0.4, -0.2) is 41.7 Å². The van der Waals surface area contributed by atoms with Crippen LogP contribution in [0.5, 0.6) is 5.75 Å². The van der Waals surface area contributed by atoms with Crippen molar-refractivity contribution in [1.29, 1.82) is 0 Å². The van der Waals surface area contributed by atoms with Crippen molar-refractivity contribution in [3.63, 3.8) is 0 Å². The highest BCUT2D eigenvalue weighted by molar-refractivity contribution is 5.95. The molecule has 0 aromatic heterocycles. The Morgan fingerprint density at radius 3 is 2.47 bits per heavy atom. The maximum atomic E-state index is 12.4. The number of benzene rings is 1. The first-order chi connectivity index (χ1) is 8.78. The molecule has 106 valence electrons. The minimum atomic E-state index is -0.897. The molecular formula is C15H23NO3. The molecule has 1 amide bonds. The van der Waals surface area contributed by atoms with Gasteiger partial charge >= 0.3 is 0 Å². The Morgan fingerprint density at radius 1 is 1.42 bits per heavy atom.